The molecule has 0 bridgehead atoms. The zero-order chi connectivity index (χ0) is 10.3. The van der Waals surface area contributed by atoms with Gasteiger partial charge in [0.15, 0.2) is 5.15 Å². The monoisotopic (exact) mass is 316 g/mol. The Morgan fingerprint density at radius 2 is 2.20 bits per heavy atom. The number of nitrogens with zero attached hydrogens (tertiary/aromatic N) is 2. The van der Waals surface area contributed by atoms with E-state index < -0.39 is 11.1 Å². The first-order chi connectivity index (χ1) is 6.59. The van der Waals surface area contributed by atoms with E-state index in [9.17, 15) is 8.76 Å². The first-order valence-electron chi connectivity index (χ1n) is 3.52. The van der Waals surface area contributed by atoms with Crippen LogP contribution in [0.15, 0.2) is 27.8 Å². The second-order valence-corrected chi connectivity index (χ2v) is 4.65. The maximum atomic E-state index is 10.8. The van der Waals surface area contributed by atoms with Crippen LogP contribution in [0.5, 0.6) is 0 Å². The molecule has 0 radical (unpaired) electrons. The molecule has 0 amide bonds. The molecule has 2 aromatic rings. The Kier molecular flexibility index (Phi) is 4.79. The molecule has 0 saturated carbocycles. The largest absolute Gasteiger partial charge is 1.00 e. The predicted molar refractivity (Wildman–Crippen MR) is 55.1 cm³/mol. The molecule has 0 N–H and O–H groups in total. The van der Waals surface area contributed by atoms with Crippen molar-refractivity contribution < 1.29 is 38.3 Å². The summed E-state index contributed by atoms with van der Waals surface area (Å²) in [5.41, 5.74) is 0.498. The Morgan fingerprint density at radius 1 is 1.53 bits per heavy atom. The summed E-state index contributed by atoms with van der Waals surface area (Å²) in [7, 11) is 0. The fourth-order valence-electron chi connectivity index (χ4n) is 1.12. The van der Waals surface area contributed by atoms with Crippen molar-refractivity contribution in [3.63, 3.8) is 0 Å². The van der Waals surface area contributed by atoms with Crippen LogP contribution < -0.4 is 29.6 Å². The van der Waals surface area contributed by atoms with E-state index in [1.807, 2.05) is 0 Å². The molecule has 1 unspecified atom stereocenters. The predicted octanol–water partition coefficient (Wildman–Crippen LogP) is -1.01. The number of hydrogen-bond acceptors (Lipinski definition) is 3. The first kappa shape index (κ1) is 13.6. The summed E-state index contributed by atoms with van der Waals surface area (Å²) >= 11 is 6.51. The summed E-state index contributed by atoms with van der Waals surface area (Å²) in [6.45, 7) is 0. The fourth-order valence-corrected chi connectivity index (χ4v) is 2.31. The van der Waals surface area contributed by atoms with E-state index in [0.29, 0.717) is 5.65 Å². The molecule has 15 heavy (non-hydrogen) atoms. The molecule has 74 valence electrons. The van der Waals surface area contributed by atoms with Gasteiger partial charge in [0.05, 0.1) is 0 Å². The van der Waals surface area contributed by atoms with E-state index in [1.54, 1.807) is 18.3 Å². The van der Waals surface area contributed by atoms with Crippen LogP contribution in [-0.4, -0.2) is 18.1 Å². The van der Waals surface area contributed by atoms with Gasteiger partial charge in [0, 0.05) is 10.7 Å². The summed E-state index contributed by atoms with van der Waals surface area (Å²) in [4.78, 5) is 3.89. The van der Waals surface area contributed by atoms with Crippen molar-refractivity contribution in [2.45, 2.75) is 5.03 Å². The Hall–Kier alpha value is 0.570. The third kappa shape index (κ3) is 2.63. The number of halogens is 2. The maximum Gasteiger partial charge on any atom is 1.00 e. The van der Waals surface area contributed by atoms with Crippen molar-refractivity contribution in [3.05, 3.63) is 28.0 Å². The van der Waals surface area contributed by atoms with Crippen molar-refractivity contribution in [2.24, 2.45) is 0 Å². The molecule has 0 fully saturated rings. The smallest absolute Gasteiger partial charge is 0.767 e. The third-order valence-electron chi connectivity index (χ3n) is 1.66. The van der Waals surface area contributed by atoms with Crippen LogP contribution in [0.25, 0.3) is 5.65 Å². The summed E-state index contributed by atoms with van der Waals surface area (Å²) < 4.78 is 23.9. The van der Waals surface area contributed by atoms with E-state index in [1.165, 1.54) is 4.40 Å². The standard InChI is InChI=1S/C7H4BrClN2O2S.Na/c8-4-1-2-5-10-6(9)7(14(12)13)11(5)3-4;/h1-3H,(H,12,13);/q;+1/p-1. The Labute approximate surface area is 124 Å². The number of fused-ring (bicyclic) bond motifs is 1. The number of aromatic nitrogens is 2. The van der Waals surface area contributed by atoms with Gasteiger partial charge in [-0.3, -0.25) is 8.61 Å². The number of imidazole rings is 1. The minimum absolute atomic E-state index is 0. The zero-order valence-electron chi connectivity index (χ0n) is 7.61. The van der Waals surface area contributed by atoms with Crippen LogP contribution in [0.3, 0.4) is 0 Å². The number of hydrogen-bond donors (Lipinski definition) is 0. The number of rotatable bonds is 1. The van der Waals surface area contributed by atoms with Crippen molar-refractivity contribution in [1.82, 2.24) is 9.38 Å². The van der Waals surface area contributed by atoms with Crippen LogP contribution in [0.4, 0.5) is 0 Å². The van der Waals surface area contributed by atoms with E-state index in [-0.39, 0.29) is 39.7 Å². The SMILES string of the molecule is O=S([O-])c1c(Cl)nc2ccc(Br)cn12.[Na+]. The molecule has 0 aliphatic heterocycles. The normalized spacial score (nSPS) is 12.5. The summed E-state index contributed by atoms with van der Waals surface area (Å²) in [5.74, 6) is 0. The topological polar surface area (TPSA) is 57.4 Å². The molecule has 2 aromatic heterocycles. The molecule has 4 nitrogen and oxygen atoms in total. The fraction of sp³-hybridized carbons (Fsp3) is 0. The first-order valence-corrected chi connectivity index (χ1v) is 5.76. The minimum Gasteiger partial charge on any atom is -0.767 e. The van der Waals surface area contributed by atoms with Gasteiger partial charge < -0.3 is 4.55 Å². The quantitative estimate of drug-likeness (QED) is 0.500. The molecule has 8 heteroatoms. The molecule has 2 rings (SSSR count). The van der Waals surface area contributed by atoms with Gasteiger partial charge >= 0.3 is 29.6 Å². The van der Waals surface area contributed by atoms with Gasteiger partial charge in [0.25, 0.3) is 0 Å². The molecule has 0 spiro atoms. The van der Waals surface area contributed by atoms with Crippen LogP contribution >= 0.6 is 27.5 Å². The van der Waals surface area contributed by atoms with Crippen molar-refractivity contribution in [2.75, 3.05) is 0 Å². The molecule has 0 aliphatic carbocycles. The van der Waals surface area contributed by atoms with Gasteiger partial charge in [0.2, 0.25) is 0 Å². The molecule has 0 aromatic carbocycles. The summed E-state index contributed by atoms with van der Waals surface area (Å²) in [6.07, 6.45) is 1.60. The maximum absolute atomic E-state index is 10.8. The molecular formula is C7H3BrClN2NaO2S. The molecule has 0 aliphatic rings. The van der Waals surface area contributed by atoms with E-state index in [0.717, 1.165) is 4.47 Å². The molecule has 0 saturated heterocycles. The molecule has 2 heterocycles. The summed E-state index contributed by atoms with van der Waals surface area (Å²) in [5, 5.41) is -0.0422. The second-order valence-electron chi connectivity index (χ2n) is 2.52. The van der Waals surface area contributed by atoms with Crippen LogP contribution in [0.2, 0.25) is 5.15 Å². The van der Waals surface area contributed by atoms with Crippen molar-refractivity contribution >= 4 is 44.3 Å². The van der Waals surface area contributed by atoms with Crippen LogP contribution in [0.1, 0.15) is 0 Å². The second kappa shape index (κ2) is 5.27. The Morgan fingerprint density at radius 3 is 2.80 bits per heavy atom. The van der Waals surface area contributed by atoms with Gasteiger partial charge in [-0.05, 0) is 39.1 Å². The van der Waals surface area contributed by atoms with Crippen molar-refractivity contribution in [3.8, 4) is 0 Å². The minimum atomic E-state index is -2.39. The number of pyridine rings is 1. The average Bonchev–Trinajstić information content (AvgIpc) is 2.40. The van der Waals surface area contributed by atoms with E-state index in [2.05, 4.69) is 20.9 Å². The van der Waals surface area contributed by atoms with Gasteiger partial charge in [0.1, 0.15) is 10.7 Å². The summed E-state index contributed by atoms with van der Waals surface area (Å²) in [6, 6.07) is 3.43. The van der Waals surface area contributed by atoms with Crippen LogP contribution in [0, 0.1) is 0 Å². The third-order valence-corrected chi connectivity index (χ3v) is 3.21. The van der Waals surface area contributed by atoms with Crippen LogP contribution in [-0.2, 0) is 11.1 Å². The van der Waals surface area contributed by atoms with E-state index in [4.69, 9.17) is 11.6 Å². The van der Waals surface area contributed by atoms with E-state index >= 15 is 0 Å². The average molecular weight is 318 g/mol. The van der Waals surface area contributed by atoms with Gasteiger partial charge in [-0.15, -0.1) is 0 Å². The van der Waals surface area contributed by atoms with Crippen molar-refractivity contribution in [1.29, 1.82) is 0 Å². The Balaban J connectivity index is 0.00000112. The van der Waals surface area contributed by atoms with Gasteiger partial charge in [-0.2, -0.15) is 0 Å². The van der Waals surface area contributed by atoms with Gasteiger partial charge in [-0.25, -0.2) is 4.98 Å². The molecule has 1 atom stereocenters. The zero-order valence-corrected chi connectivity index (χ0v) is 12.8. The Bertz CT molecular complexity index is 533. The van der Waals surface area contributed by atoms with Gasteiger partial charge in [-0.1, -0.05) is 11.6 Å². The molecular weight excluding hydrogens is 315 g/mol.